The van der Waals surface area contributed by atoms with Gasteiger partial charge in [-0.3, -0.25) is 0 Å². The van der Waals surface area contributed by atoms with Crippen molar-refractivity contribution in [3.8, 4) is 5.75 Å². The maximum atomic E-state index is 13.3. The maximum Gasteiger partial charge on any atom is 0.123 e. The van der Waals surface area contributed by atoms with Gasteiger partial charge in [0, 0.05) is 12.2 Å². The molecule has 2 nitrogen and oxygen atoms in total. The lowest BCUT2D eigenvalue weighted by atomic mass is 9.92. The van der Waals surface area contributed by atoms with E-state index in [-0.39, 0.29) is 5.82 Å². The summed E-state index contributed by atoms with van der Waals surface area (Å²) < 4.78 is 24.2. The molecular weight excluding hydrogens is 243 g/mol. The third kappa shape index (κ3) is 2.40. The molecule has 2 unspecified atom stereocenters. The summed E-state index contributed by atoms with van der Waals surface area (Å²) in [6, 6.07) is 4.38. The summed E-state index contributed by atoms with van der Waals surface area (Å²) in [6.45, 7) is 2.67. The van der Waals surface area contributed by atoms with Crippen molar-refractivity contribution in [3.63, 3.8) is 0 Å². The number of benzene rings is 1. The molecule has 0 amide bonds. The van der Waals surface area contributed by atoms with Crippen LogP contribution < -0.4 is 4.74 Å². The first-order chi connectivity index (χ1) is 8.07. The molecule has 1 saturated heterocycles. The highest BCUT2D eigenvalue weighted by Gasteiger charge is 2.39. The summed E-state index contributed by atoms with van der Waals surface area (Å²) in [6.07, 6.45) is 1.86. The molecule has 1 aromatic carbocycles. The fourth-order valence-electron chi connectivity index (χ4n) is 2.23. The minimum absolute atomic E-state index is 0.312. The van der Waals surface area contributed by atoms with Crippen molar-refractivity contribution in [2.45, 2.75) is 30.7 Å². The Kier molecular flexibility index (Phi) is 3.59. The largest absolute Gasteiger partial charge is 0.496 e. The molecule has 1 heterocycles. The normalized spacial score (nSPS) is 25.9. The number of hydrogen-bond donors (Lipinski definition) is 0. The lowest BCUT2D eigenvalue weighted by Gasteiger charge is -2.29. The SMILES string of the molecule is COc1ccc(F)cc1C(Cl)C1(C)CCCO1. The Morgan fingerprint density at radius 2 is 2.29 bits per heavy atom. The second kappa shape index (κ2) is 4.83. The van der Waals surface area contributed by atoms with Crippen LogP contribution in [0.25, 0.3) is 0 Å². The second-order valence-corrected chi connectivity index (χ2v) is 4.95. The minimum Gasteiger partial charge on any atom is -0.496 e. The molecule has 0 aromatic heterocycles. The van der Waals surface area contributed by atoms with Gasteiger partial charge in [-0.25, -0.2) is 4.39 Å². The second-order valence-electron chi connectivity index (χ2n) is 4.51. The van der Waals surface area contributed by atoms with E-state index in [0.717, 1.165) is 12.8 Å². The molecule has 0 spiro atoms. The van der Waals surface area contributed by atoms with E-state index in [1.54, 1.807) is 13.2 Å². The van der Waals surface area contributed by atoms with Crippen LogP contribution in [0.5, 0.6) is 5.75 Å². The molecule has 1 aliphatic rings. The average Bonchev–Trinajstić information content (AvgIpc) is 2.76. The number of halogens is 2. The predicted molar refractivity (Wildman–Crippen MR) is 65.1 cm³/mol. The first-order valence-corrected chi connectivity index (χ1v) is 6.12. The standard InChI is InChI=1S/C13H16ClFO2/c1-13(6-3-7-17-13)12(14)10-8-9(15)4-5-11(10)16-2/h4-5,8,12H,3,6-7H2,1-2H3. The number of alkyl halides is 1. The lowest BCUT2D eigenvalue weighted by molar-refractivity contribution is 0.0159. The van der Waals surface area contributed by atoms with Crippen molar-refractivity contribution < 1.29 is 13.9 Å². The van der Waals surface area contributed by atoms with E-state index in [0.29, 0.717) is 17.9 Å². The number of methoxy groups -OCH3 is 1. The van der Waals surface area contributed by atoms with Gasteiger partial charge in [0.15, 0.2) is 0 Å². The summed E-state index contributed by atoms with van der Waals surface area (Å²) in [4.78, 5) is 0. The van der Waals surface area contributed by atoms with Crippen molar-refractivity contribution in [2.75, 3.05) is 13.7 Å². The van der Waals surface area contributed by atoms with Crippen LogP contribution in [0.3, 0.4) is 0 Å². The molecule has 2 atom stereocenters. The Labute approximate surface area is 106 Å². The fourth-order valence-corrected chi connectivity index (χ4v) is 2.58. The molecule has 0 bridgehead atoms. The summed E-state index contributed by atoms with van der Waals surface area (Å²) in [5.41, 5.74) is 0.210. The third-order valence-electron chi connectivity index (χ3n) is 3.25. The van der Waals surface area contributed by atoms with E-state index in [2.05, 4.69) is 0 Å². The molecule has 1 fully saturated rings. The van der Waals surface area contributed by atoms with Gasteiger partial charge in [-0.1, -0.05) is 0 Å². The Hall–Kier alpha value is -0.800. The van der Waals surface area contributed by atoms with E-state index in [9.17, 15) is 4.39 Å². The van der Waals surface area contributed by atoms with Crippen LogP contribution in [0.4, 0.5) is 4.39 Å². The molecule has 0 radical (unpaired) electrons. The van der Waals surface area contributed by atoms with Gasteiger partial charge in [-0.15, -0.1) is 11.6 Å². The first-order valence-electron chi connectivity index (χ1n) is 5.68. The number of hydrogen-bond acceptors (Lipinski definition) is 2. The van der Waals surface area contributed by atoms with Crippen LogP contribution in [0, 0.1) is 5.82 Å². The van der Waals surface area contributed by atoms with E-state index in [1.807, 2.05) is 6.92 Å². The van der Waals surface area contributed by atoms with Gasteiger partial charge in [-0.05, 0) is 38.0 Å². The Balaban J connectivity index is 2.35. The fraction of sp³-hybridized carbons (Fsp3) is 0.538. The molecule has 0 saturated carbocycles. The van der Waals surface area contributed by atoms with Gasteiger partial charge in [0.1, 0.15) is 11.6 Å². The molecule has 94 valence electrons. The van der Waals surface area contributed by atoms with Crippen molar-refractivity contribution >= 4 is 11.6 Å². The van der Waals surface area contributed by atoms with Crippen molar-refractivity contribution in [1.29, 1.82) is 0 Å². The zero-order valence-electron chi connectivity index (χ0n) is 10.0. The van der Waals surface area contributed by atoms with Crippen LogP contribution in [0.1, 0.15) is 30.7 Å². The average molecular weight is 259 g/mol. The Morgan fingerprint density at radius 1 is 1.53 bits per heavy atom. The van der Waals surface area contributed by atoms with Crippen LogP contribution >= 0.6 is 11.6 Å². The van der Waals surface area contributed by atoms with Crippen molar-refractivity contribution in [3.05, 3.63) is 29.6 Å². The zero-order valence-corrected chi connectivity index (χ0v) is 10.8. The highest BCUT2D eigenvalue weighted by Crippen LogP contribution is 2.44. The summed E-state index contributed by atoms with van der Waals surface area (Å²) in [7, 11) is 1.55. The number of rotatable bonds is 3. The van der Waals surface area contributed by atoms with Crippen LogP contribution in [0.15, 0.2) is 18.2 Å². The molecule has 0 N–H and O–H groups in total. The maximum absolute atomic E-state index is 13.3. The molecule has 0 aliphatic carbocycles. The van der Waals surface area contributed by atoms with Gasteiger partial charge in [-0.2, -0.15) is 0 Å². The Bertz CT molecular complexity index is 402. The zero-order chi connectivity index (χ0) is 12.5. The summed E-state index contributed by atoms with van der Waals surface area (Å²) in [5, 5.41) is -0.407. The van der Waals surface area contributed by atoms with Gasteiger partial charge < -0.3 is 9.47 Å². The predicted octanol–water partition coefficient (Wildman–Crippen LogP) is 3.68. The molecule has 1 aliphatic heterocycles. The molecule has 2 rings (SSSR count). The molecule has 17 heavy (non-hydrogen) atoms. The summed E-state index contributed by atoms with van der Waals surface area (Å²) >= 11 is 6.44. The third-order valence-corrected chi connectivity index (χ3v) is 3.95. The van der Waals surface area contributed by atoms with E-state index in [1.165, 1.54) is 12.1 Å². The Morgan fingerprint density at radius 3 is 2.88 bits per heavy atom. The minimum atomic E-state index is -0.442. The molecule has 1 aromatic rings. The topological polar surface area (TPSA) is 18.5 Å². The highest BCUT2D eigenvalue weighted by molar-refractivity contribution is 6.21. The smallest absolute Gasteiger partial charge is 0.123 e. The quantitative estimate of drug-likeness (QED) is 0.770. The van der Waals surface area contributed by atoms with Crippen molar-refractivity contribution in [1.82, 2.24) is 0 Å². The van der Waals surface area contributed by atoms with Crippen LogP contribution in [-0.4, -0.2) is 19.3 Å². The molecule has 4 heteroatoms. The van der Waals surface area contributed by atoms with Crippen LogP contribution in [-0.2, 0) is 4.74 Å². The van der Waals surface area contributed by atoms with Gasteiger partial charge in [0.05, 0.1) is 18.1 Å². The van der Waals surface area contributed by atoms with Crippen LogP contribution in [0.2, 0.25) is 0 Å². The van der Waals surface area contributed by atoms with E-state index >= 15 is 0 Å². The molecular formula is C13H16ClFO2. The monoisotopic (exact) mass is 258 g/mol. The van der Waals surface area contributed by atoms with E-state index < -0.39 is 11.0 Å². The highest BCUT2D eigenvalue weighted by atomic mass is 35.5. The first kappa shape index (κ1) is 12.7. The van der Waals surface area contributed by atoms with Crippen molar-refractivity contribution in [2.24, 2.45) is 0 Å². The van der Waals surface area contributed by atoms with E-state index in [4.69, 9.17) is 21.1 Å². The van der Waals surface area contributed by atoms with Gasteiger partial charge in [0.2, 0.25) is 0 Å². The van der Waals surface area contributed by atoms with Gasteiger partial charge >= 0.3 is 0 Å². The summed E-state index contributed by atoms with van der Waals surface area (Å²) in [5.74, 6) is 0.288. The van der Waals surface area contributed by atoms with Gasteiger partial charge in [0.25, 0.3) is 0 Å². The lowest BCUT2D eigenvalue weighted by Crippen LogP contribution is -2.29. The number of ether oxygens (including phenoxy) is 2.